The molecule has 0 aliphatic rings. The monoisotopic (exact) mass is 330 g/mol. The van der Waals surface area contributed by atoms with E-state index in [1.54, 1.807) is 11.8 Å². The molecule has 1 rings (SSSR count). The molecule has 0 aromatic heterocycles. The molecule has 0 heterocycles. The van der Waals surface area contributed by atoms with Crippen LogP contribution in [0.2, 0.25) is 0 Å². The highest BCUT2D eigenvalue weighted by Gasteiger charge is 2.12. The van der Waals surface area contributed by atoms with Crippen LogP contribution < -0.4 is 11.1 Å². The van der Waals surface area contributed by atoms with Gasteiger partial charge in [0.25, 0.3) is 0 Å². The molecular formula is C13H19BrN2OS. The van der Waals surface area contributed by atoms with E-state index in [4.69, 9.17) is 5.73 Å². The Bertz CT molecular complexity index is 383. The number of halogens is 1. The fourth-order valence-corrected chi connectivity index (χ4v) is 2.50. The molecule has 2 unspecified atom stereocenters. The third kappa shape index (κ3) is 5.42. The molecule has 1 aromatic carbocycles. The summed E-state index contributed by atoms with van der Waals surface area (Å²) in [6, 6.07) is 8.17. The maximum absolute atomic E-state index is 11.6. The summed E-state index contributed by atoms with van der Waals surface area (Å²) in [5, 5.41) is 3.25. The third-order valence-corrected chi connectivity index (χ3v) is 4.16. The Balaban J connectivity index is 2.35. The van der Waals surface area contributed by atoms with E-state index in [0.717, 1.165) is 4.47 Å². The van der Waals surface area contributed by atoms with Gasteiger partial charge in [-0.1, -0.05) is 29.8 Å². The molecule has 2 atom stereocenters. The topological polar surface area (TPSA) is 55.1 Å². The number of carbonyl (C=O) groups excluding carboxylic acids is 1. The Kier molecular flexibility index (Phi) is 6.75. The van der Waals surface area contributed by atoms with Crippen LogP contribution in [0.1, 0.15) is 13.8 Å². The summed E-state index contributed by atoms with van der Waals surface area (Å²) >= 11 is 5.15. The minimum Gasteiger partial charge on any atom is -0.355 e. The standard InChI is InChI=1S/C13H19BrN2OS/c1-9(7-15)13(17)16-8-10(2)18-12-5-3-11(14)4-6-12/h3-6,9-10H,7-8,15H2,1-2H3,(H,16,17). The van der Waals surface area contributed by atoms with Crippen molar-refractivity contribution in [1.29, 1.82) is 0 Å². The van der Waals surface area contributed by atoms with Crippen molar-refractivity contribution < 1.29 is 4.79 Å². The first-order valence-corrected chi connectivity index (χ1v) is 7.60. The van der Waals surface area contributed by atoms with E-state index in [1.807, 2.05) is 19.1 Å². The first-order valence-electron chi connectivity index (χ1n) is 5.93. The molecule has 0 spiro atoms. The fourth-order valence-electron chi connectivity index (χ4n) is 1.31. The van der Waals surface area contributed by atoms with Crippen molar-refractivity contribution >= 4 is 33.6 Å². The molecule has 0 saturated carbocycles. The van der Waals surface area contributed by atoms with Crippen LogP contribution in [-0.4, -0.2) is 24.2 Å². The summed E-state index contributed by atoms with van der Waals surface area (Å²) in [5.41, 5.74) is 5.45. The van der Waals surface area contributed by atoms with Gasteiger partial charge >= 0.3 is 0 Å². The van der Waals surface area contributed by atoms with E-state index in [0.29, 0.717) is 18.3 Å². The van der Waals surface area contributed by atoms with E-state index in [9.17, 15) is 4.79 Å². The van der Waals surface area contributed by atoms with Crippen molar-refractivity contribution in [3.63, 3.8) is 0 Å². The van der Waals surface area contributed by atoms with E-state index < -0.39 is 0 Å². The highest BCUT2D eigenvalue weighted by atomic mass is 79.9. The van der Waals surface area contributed by atoms with Gasteiger partial charge in [-0.2, -0.15) is 0 Å². The van der Waals surface area contributed by atoms with Crippen molar-refractivity contribution in [2.75, 3.05) is 13.1 Å². The second-order valence-electron chi connectivity index (χ2n) is 4.26. The molecule has 0 aliphatic carbocycles. The summed E-state index contributed by atoms with van der Waals surface area (Å²) in [6.07, 6.45) is 0. The van der Waals surface area contributed by atoms with Gasteiger partial charge in [0.15, 0.2) is 0 Å². The number of amides is 1. The smallest absolute Gasteiger partial charge is 0.224 e. The van der Waals surface area contributed by atoms with E-state index in [2.05, 4.69) is 40.3 Å². The molecule has 0 saturated heterocycles. The van der Waals surface area contributed by atoms with Crippen LogP contribution in [-0.2, 0) is 4.79 Å². The predicted octanol–water partition coefficient (Wildman–Crippen LogP) is 2.64. The highest BCUT2D eigenvalue weighted by molar-refractivity contribution is 9.10. The first-order chi connectivity index (χ1) is 8.52. The average molecular weight is 331 g/mol. The summed E-state index contributed by atoms with van der Waals surface area (Å²) < 4.78 is 1.07. The molecule has 100 valence electrons. The van der Waals surface area contributed by atoms with Gasteiger partial charge in [-0.05, 0) is 24.3 Å². The Morgan fingerprint density at radius 1 is 1.39 bits per heavy atom. The van der Waals surface area contributed by atoms with Crippen LogP contribution in [0.15, 0.2) is 33.6 Å². The Morgan fingerprint density at radius 2 is 2.00 bits per heavy atom. The maximum atomic E-state index is 11.6. The van der Waals surface area contributed by atoms with Crippen LogP contribution in [0, 0.1) is 5.92 Å². The lowest BCUT2D eigenvalue weighted by molar-refractivity contribution is -0.124. The van der Waals surface area contributed by atoms with Crippen molar-refractivity contribution in [3.05, 3.63) is 28.7 Å². The van der Waals surface area contributed by atoms with Gasteiger partial charge in [-0.15, -0.1) is 11.8 Å². The lowest BCUT2D eigenvalue weighted by atomic mass is 10.2. The van der Waals surface area contributed by atoms with Crippen molar-refractivity contribution in [1.82, 2.24) is 5.32 Å². The maximum Gasteiger partial charge on any atom is 0.224 e. The van der Waals surface area contributed by atoms with E-state index in [-0.39, 0.29) is 11.8 Å². The largest absolute Gasteiger partial charge is 0.355 e. The van der Waals surface area contributed by atoms with Crippen LogP contribution in [0.25, 0.3) is 0 Å². The summed E-state index contributed by atoms with van der Waals surface area (Å²) in [4.78, 5) is 12.8. The quantitative estimate of drug-likeness (QED) is 0.788. The van der Waals surface area contributed by atoms with Crippen LogP contribution in [0.4, 0.5) is 0 Å². The number of carbonyl (C=O) groups is 1. The zero-order valence-corrected chi connectivity index (χ0v) is 13.1. The molecule has 0 aliphatic heterocycles. The van der Waals surface area contributed by atoms with Gasteiger partial charge in [-0.25, -0.2) is 0 Å². The minimum absolute atomic E-state index is 0.0285. The molecule has 18 heavy (non-hydrogen) atoms. The molecule has 1 amide bonds. The number of nitrogens with one attached hydrogen (secondary N) is 1. The highest BCUT2D eigenvalue weighted by Crippen LogP contribution is 2.24. The third-order valence-electron chi connectivity index (χ3n) is 2.52. The van der Waals surface area contributed by atoms with Crippen molar-refractivity contribution in [3.8, 4) is 0 Å². The number of benzene rings is 1. The van der Waals surface area contributed by atoms with Gasteiger partial charge in [0.05, 0.1) is 0 Å². The Labute approximate surface area is 121 Å². The number of rotatable bonds is 6. The molecule has 3 N–H and O–H groups in total. The predicted molar refractivity (Wildman–Crippen MR) is 80.7 cm³/mol. The van der Waals surface area contributed by atoms with Crippen LogP contribution in [0.5, 0.6) is 0 Å². The number of hydrogen-bond acceptors (Lipinski definition) is 3. The molecule has 3 nitrogen and oxygen atoms in total. The lowest BCUT2D eigenvalue weighted by Crippen LogP contribution is -2.36. The second-order valence-corrected chi connectivity index (χ2v) is 6.69. The SMILES string of the molecule is CC(CNC(=O)C(C)CN)Sc1ccc(Br)cc1. The van der Waals surface area contributed by atoms with Gasteiger partial charge in [-0.3, -0.25) is 4.79 Å². The normalized spacial score (nSPS) is 14.0. The number of thioether (sulfide) groups is 1. The van der Waals surface area contributed by atoms with Gasteiger partial charge in [0.2, 0.25) is 5.91 Å². The Morgan fingerprint density at radius 3 is 2.56 bits per heavy atom. The van der Waals surface area contributed by atoms with Gasteiger partial charge in [0.1, 0.15) is 0 Å². The van der Waals surface area contributed by atoms with Gasteiger partial charge in [0, 0.05) is 33.6 Å². The average Bonchev–Trinajstić information content (AvgIpc) is 2.37. The molecule has 0 fully saturated rings. The zero-order chi connectivity index (χ0) is 13.5. The molecule has 5 heteroatoms. The number of hydrogen-bond donors (Lipinski definition) is 2. The Hall–Kier alpha value is -0.520. The second kappa shape index (κ2) is 7.81. The molecule has 0 bridgehead atoms. The minimum atomic E-state index is -0.116. The zero-order valence-electron chi connectivity index (χ0n) is 10.7. The molecule has 1 aromatic rings. The van der Waals surface area contributed by atoms with Gasteiger partial charge < -0.3 is 11.1 Å². The first kappa shape index (κ1) is 15.5. The van der Waals surface area contributed by atoms with Crippen LogP contribution >= 0.6 is 27.7 Å². The van der Waals surface area contributed by atoms with Crippen molar-refractivity contribution in [2.45, 2.75) is 24.0 Å². The van der Waals surface area contributed by atoms with E-state index in [1.165, 1.54) is 4.90 Å². The molecular weight excluding hydrogens is 312 g/mol. The summed E-state index contributed by atoms with van der Waals surface area (Å²) in [5.74, 6) is -0.0874. The van der Waals surface area contributed by atoms with Crippen molar-refractivity contribution in [2.24, 2.45) is 11.7 Å². The summed E-state index contributed by atoms with van der Waals surface area (Å²) in [6.45, 7) is 4.98. The number of nitrogens with two attached hydrogens (primary N) is 1. The van der Waals surface area contributed by atoms with E-state index >= 15 is 0 Å². The summed E-state index contributed by atoms with van der Waals surface area (Å²) in [7, 11) is 0. The fraction of sp³-hybridized carbons (Fsp3) is 0.462. The molecule has 0 radical (unpaired) electrons. The van der Waals surface area contributed by atoms with Crippen LogP contribution in [0.3, 0.4) is 0 Å². The lowest BCUT2D eigenvalue weighted by Gasteiger charge is -2.14.